The van der Waals surface area contributed by atoms with Crippen molar-refractivity contribution in [3.05, 3.63) is 109 Å². The van der Waals surface area contributed by atoms with Crippen molar-refractivity contribution in [3.8, 4) is 16.9 Å². The minimum absolute atomic E-state index is 0.0684. The number of halogens is 3. The van der Waals surface area contributed by atoms with E-state index >= 15 is 0 Å². The monoisotopic (exact) mass is 569 g/mol. The second-order valence-corrected chi connectivity index (χ2v) is 10.00. The molecule has 8 nitrogen and oxygen atoms in total. The van der Waals surface area contributed by atoms with Crippen LogP contribution in [0.2, 0.25) is 15.1 Å². The highest BCUT2D eigenvalue weighted by atomic mass is 35.5. The summed E-state index contributed by atoms with van der Waals surface area (Å²) in [6, 6.07) is 18.7. The molecule has 0 radical (unpaired) electrons. The van der Waals surface area contributed by atoms with Gasteiger partial charge in [0.2, 0.25) is 0 Å². The van der Waals surface area contributed by atoms with E-state index in [4.69, 9.17) is 34.8 Å². The van der Waals surface area contributed by atoms with Crippen LogP contribution in [-0.2, 0) is 0 Å². The van der Waals surface area contributed by atoms with Gasteiger partial charge in [-0.2, -0.15) is 10.2 Å². The predicted octanol–water partition coefficient (Wildman–Crippen LogP) is 7.39. The van der Waals surface area contributed by atoms with E-state index in [0.717, 1.165) is 17.0 Å². The molecule has 12 heteroatoms. The number of para-hydroxylation sites is 1. The summed E-state index contributed by atoms with van der Waals surface area (Å²) < 4.78 is 2.31. The molecule has 5 aromatic rings. The molecule has 3 aromatic carbocycles. The van der Waals surface area contributed by atoms with E-state index < -0.39 is 10.8 Å². The third-order valence-electron chi connectivity index (χ3n) is 5.32. The van der Waals surface area contributed by atoms with Crippen molar-refractivity contribution < 1.29 is 9.72 Å². The van der Waals surface area contributed by atoms with Gasteiger partial charge in [-0.15, -0.1) is 11.3 Å². The number of hydrogen-bond acceptors (Lipinski definition) is 6. The molecule has 37 heavy (non-hydrogen) atoms. The number of carbonyl (C=O) groups is 1. The maximum Gasteiger partial charge on any atom is 0.283 e. The number of nitrogens with one attached hydrogen (secondary N) is 1. The Balaban J connectivity index is 1.48. The Morgan fingerprint density at radius 2 is 1.86 bits per heavy atom. The average molecular weight is 571 g/mol. The number of benzene rings is 3. The summed E-state index contributed by atoms with van der Waals surface area (Å²) in [7, 11) is 0. The van der Waals surface area contributed by atoms with Crippen LogP contribution in [0.3, 0.4) is 0 Å². The predicted molar refractivity (Wildman–Crippen MR) is 148 cm³/mol. The van der Waals surface area contributed by atoms with Crippen LogP contribution in [0, 0.1) is 10.1 Å². The van der Waals surface area contributed by atoms with Crippen molar-refractivity contribution in [2.45, 2.75) is 0 Å². The van der Waals surface area contributed by atoms with Crippen LogP contribution in [0.1, 0.15) is 15.2 Å². The van der Waals surface area contributed by atoms with Crippen molar-refractivity contribution in [2.24, 2.45) is 5.10 Å². The van der Waals surface area contributed by atoms with E-state index in [1.165, 1.54) is 18.3 Å². The fourth-order valence-corrected chi connectivity index (χ4v) is 5.92. The Labute approximate surface area is 228 Å². The first kappa shape index (κ1) is 24.9. The van der Waals surface area contributed by atoms with Crippen LogP contribution >= 0.6 is 46.1 Å². The van der Waals surface area contributed by atoms with E-state index in [1.54, 1.807) is 35.1 Å². The third kappa shape index (κ3) is 5.07. The SMILES string of the molecule is O=C(N/N=C/c1cn(-c2ccccc2)nc1-c1cccc([N+](=O)[O-])c1)c1sc2cc(Cl)cc(Cl)c2c1Cl. The number of nitro groups is 1. The molecule has 2 aromatic heterocycles. The van der Waals surface area contributed by atoms with Crippen LogP contribution in [0.25, 0.3) is 27.0 Å². The number of non-ortho nitro benzene ring substituents is 1. The summed E-state index contributed by atoms with van der Waals surface area (Å²) in [5, 5.41) is 21.5. The molecule has 1 N–H and O–H groups in total. The van der Waals surface area contributed by atoms with Gasteiger partial charge in [0.05, 0.1) is 26.9 Å². The third-order valence-corrected chi connectivity index (χ3v) is 7.46. The molecular weight excluding hydrogens is 557 g/mol. The zero-order valence-corrected chi connectivity index (χ0v) is 21.6. The number of nitro benzene ring substituents is 1. The highest BCUT2D eigenvalue weighted by molar-refractivity contribution is 7.21. The zero-order chi connectivity index (χ0) is 26.1. The van der Waals surface area contributed by atoms with Crippen molar-refractivity contribution in [1.82, 2.24) is 15.2 Å². The highest BCUT2D eigenvalue weighted by Crippen LogP contribution is 2.41. The Bertz CT molecular complexity index is 1700. The maximum atomic E-state index is 12.9. The number of rotatable bonds is 6. The fraction of sp³-hybridized carbons (Fsp3) is 0. The summed E-state index contributed by atoms with van der Waals surface area (Å²) in [4.78, 5) is 23.9. The number of amides is 1. The van der Waals surface area contributed by atoms with Gasteiger partial charge in [-0.05, 0) is 24.3 Å². The topological polar surface area (TPSA) is 102 Å². The minimum atomic E-state index is -0.526. The molecule has 0 spiro atoms. The lowest BCUT2D eigenvalue weighted by atomic mass is 10.1. The molecule has 0 unspecified atom stereocenters. The first-order valence-corrected chi connectivity index (χ1v) is 12.6. The largest absolute Gasteiger partial charge is 0.283 e. The van der Waals surface area contributed by atoms with Gasteiger partial charge in [-0.25, -0.2) is 10.1 Å². The van der Waals surface area contributed by atoms with Crippen LogP contribution in [0.4, 0.5) is 5.69 Å². The number of thiophene rings is 1. The molecule has 1 amide bonds. The van der Waals surface area contributed by atoms with Gasteiger partial charge < -0.3 is 0 Å². The summed E-state index contributed by atoms with van der Waals surface area (Å²) >= 11 is 19.9. The lowest BCUT2D eigenvalue weighted by molar-refractivity contribution is -0.384. The quantitative estimate of drug-likeness (QED) is 0.131. The number of fused-ring (bicyclic) bond motifs is 1. The molecule has 0 aliphatic carbocycles. The molecular formula is C25H14Cl3N5O3S. The van der Waals surface area contributed by atoms with Gasteiger partial charge in [0.15, 0.2) is 0 Å². The fourth-order valence-electron chi connectivity index (χ4n) is 3.65. The van der Waals surface area contributed by atoms with Crippen LogP contribution < -0.4 is 5.43 Å². The lowest BCUT2D eigenvalue weighted by Gasteiger charge is -2.01. The number of aromatic nitrogens is 2. The van der Waals surface area contributed by atoms with Gasteiger partial charge in [0.25, 0.3) is 11.6 Å². The molecule has 5 rings (SSSR count). The van der Waals surface area contributed by atoms with Crippen LogP contribution in [0.15, 0.2) is 78.0 Å². The van der Waals surface area contributed by atoms with Gasteiger partial charge in [0, 0.05) is 44.6 Å². The van der Waals surface area contributed by atoms with Gasteiger partial charge in [-0.3, -0.25) is 14.9 Å². The van der Waals surface area contributed by atoms with E-state index in [9.17, 15) is 14.9 Å². The zero-order valence-electron chi connectivity index (χ0n) is 18.6. The van der Waals surface area contributed by atoms with E-state index in [2.05, 4.69) is 15.6 Å². The number of hydrazone groups is 1. The molecule has 0 atom stereocenters. The van der Waals surface area contributed by atoms with Gasteiger partial charge in [0.1, 0.15) is 10.6 Å². The number of hydrogen-bond donors (Lipinski definition) is 1. The lowest BCUT2D eigenvalue weighted by Crippen LogP contribution is -2.16. The summed E-state index contributed by atoms with van der Waals surface area (Å²) in [6.45, 7) is 0. The summed E-state index contributed by atoms with van der Waals surface area (Å²) in [5.74, 6) is -0.526. The van der Waals surface area contributed by atoms with Crippen molar-refractivity contribution in [1.29, 1.82) is 0 Å². The first-order valence-electron chi connectivity index (χ1n) is 10.6. The number of carbonyl (C=O) groups excluding carboxylic acids is 1. The highest BCUT2D eigenvalue weighted by Gasteiger charge is 2.20. The van der Waals surface area contributed by atoms with Crippen LogP contribution in [0.5, 0.6) is 0 Å². The second-order valence-electron chi connectivity index (χ2n) is 7.73. The first-order chi connectivity index (χ1) is 17.8. The van der Waals surface area contributed by atoms with Crippen molar-refractivity contribution in [2.75, 3.05) is 0 Å². The Hall–Kier alpha value is -3.76. The van der Waals surface area contributed by atoms with E-state index in [0.29, 0.717) is 37.0 Å². The summed E-state index contributed by atoms with van der Waals surface area (Å²) in [6.07, 6.45) is 3.14. The van der Waals surface area contributed by atoms with Crippen molar-refractivity contribution >= 4 is 74.0 Å². The molecule has 0 fully saturated rings. The summed E-state index contributed by atoms with van der Waals surface area (Å²) in [5.41, 5.74) is 4.69. The molecule has 0 aliphatic heterocycles. The molecule has 0 aliphatic rings. The maximum absolute atomic E-state index is 12.9. The molecule has 0 saturated heterocycles. The minimum Gasteiger partial charge on any atom is -0.266 e. The van der Waals surface area contributed by atoms with Gasteiger partial charge >= 0.3 is 0 Å². The second kappa shape index (κ2) is 10.3. The Morgan fingerprint density at radius 1 is 1.08 bits per heavy atom. The standard InChI is InChI=1S/C25H14Cl3N5O3S/c26-16-10-19(27)21-20(11-16)37-24(22(21)28)25(34)30-29-12-15-13-32(17-6-2-1-3-7-17)31-23(15)14-5-4-8-18(9-14)33(35)36/h1-13H,(H,30,34)/b29-12+. The van der Waals surface area contributed by atoms with Crippen molar-refractivity contribution in [3.63, 3.8) is 0 Å². The van der Waals surface area contributed by atoms with Gasteiger partial charge in [-0.1, -0.05) is 65.1 Å². The smallest absolute Gasteiger partial charge is 0.266 e. The normalized spacial score (nSPS) is 11.3. The Kier molecular flexibility index (Phi) is 6.94. The molecule has 2 heterocycles. The average Bonchev–Trinajstić information content (AvgIpc) is 3.46. The number of nitrogens with zero attached hydrogens (tertiary/aromatic N) is 4. The van der Waals surface area contributed by atoms with Crippen LogP contribution in [-0.4, -0.2) is 26.8 Å². The Morgan fingerprint density at radius 3 is 2.62 bits per heavy atom. The molecule has 184 valence electrons. The molecule has 0 saturated carbocycles. The van der Waals surface area contributed by atoms with E-state index in [-0.39, 0.29) is 15.6 Å². The molecule has 0 bridgehead atoms. The van der Waals surface area contributed by atoms with E-state index in [1.807, 2.05) is 30.3 Å².